The summed E-state index contributed by atoms with van der Waals surface area (Å²) in [6.45, 7) is 4.50. The molecule has 0 bridgehead atoms. The van der Waals surface area contributed by atoms with Crippen molar-refractivity contribution in [3.8, 4) is 0 Å². The van der Waals surface area contributed by atoms with E-state index in [2.05, 4.69) is 14.9 Å². The summed E-state index contributed by atoms with van der Waals surface area (Å²) in [4.78, 5) is 0. The summed E-state index contributed by atoms with van der Waals surface area (Å²) < 4.78 is 28.7. The number of aromatic amines is 1. The van der Waals surface area contributed by atoms with Crippen molar-refractivity contribution in [1.29, 1.82) is 0 Å². The molecule has 0 amide bonds. The van der Waals surface area contributed by atoms with E-state index in [0.29, 0.717) is 12.4 Å². The standard InChI is InChI=1S/C11H20N4O2S/c1-3-10-8-12-13-11(10)14-18(16,17)15-7-5-4-6-9(15)2/h8-9H,3-7H2,1-2H3,(H2,12,13,14). The third kappa shape index (κ3) is 2.67. The quantitative estimate of drug-likeness (QED) is 0.872. The van der Waals surface area contributed by atoms with Crippen LogP contribution in [0, 0.1) is 0 Å². The molecule has 2 heterocycles. The van der Waals surface area contributed by atoms with Crippen LogP contribution in [0.5, 0.6) is 0 Å². The summed E-state index contributed by atoms with van der Waals surface area (Å²) in [6, 6.07) is 0.0595. The molecule has 0 spiro atoms. The van der Waals surface area contributed by atoms with Crippen LogP contribution in [-0.2, 0) is 16.6 Å². The van der Waals surface area contributed by atoms with Crippen molar-refractivity contribution in [2.24, 2.45) is 0 Å². The van der Waals surface area contributed by atoms with E-state index >= 15 is 0 Å². The molecule has 1 saturated heterocycles. The average molecular weight is 272 g/mol. The number of anilines is 1. The first-order valence-electron chi connectivity index (χ1n) is 6.36. The summed E-state index contributed by atoms with van der Waals surface area (Å²) >= 11 is 0. The van der Waals surface area contributed by atoms with E-state index in [1.807, 2.05) is 13.8 Å². The van der Waals surface area contributed by atoms with Gasteiger partial charge in [-0.1, -0.05) is 13.3 Å². The second-order valence-corrected chi connectivity index (χ2v) is 6.31. The van der Waals surface area contributed by atoms with Crippen LogP contribution < -0.4 is 4.72 Å². The number of aryl methyl sites for hydroxylation is 1. The van der Waals surface area contributed by atoms with Crippen molar-refractivity contribution >= 4 is 16.0 Å². The zero-order valence-electron chi connectivity index (χ0n) is 10.8. The van der Waals surface area contributed by atoms with E-state index in [4.69, 9.17) is 0 Å². The highest BCUT2D eigenvalue weighted by atomic mass is 32.2. The minimum atomic E-state index is -3.48. The van der Waals surface area contributed by atoms with Gasteiger partial charge in [0.05, 0.1) is 6.20 Å². The predicted octanol–water partition coefficient (Wildman–Crippen LogP) is 1.50. The number of piperidine rings is 1. The van der Waals surface area contributed by atoms with Crippen LogP contribution in [0.3, 0.4) is 0 Å². The van der Waals surface area contributed by atoms with Gasteiger partial charge in [-0.25, -0.2) is 0 Å². The number of aromatic nitrogens is 2. The molecule has 1 aromatic rings. The van der Waals surface area contributed by atoms with Gasteiger partial charge in [-0.05, 0) is 26.2 Å². The molecule has 1 fully saturated rings. The van der Waals surface area contributed by atoms with Crippen LogP contribution in [0.1, 0.15) is 38.7 Å². The maximum atomic E-state index is 12.3. The van der Waals surface area contributed by atoms with Crippen molar-refractivity contribution < 1.29 is 8.42 Å². The van der Waals surface area contributed by atoms with Gasteiger partial charge in [-0.15, -0.1) is 0 Å². The van der Waals surface area contributed by atoms with Crippen molar-refractivity contribution in [2.75, 3.05) is 11.3 Å². The molecule has 18 heavy (non-hydrogen) atoms. The third-order valence-electron chi connectivity index (χ3n) is 3.38. The summed E-state index contributed by atoms with van der Waals surface area (Å²) in [5.74, 6) is 0.482. The lowest BCUT2D eigenvalue weighted by Gasteiger charge is -2.32. The predicted molar refractivity (Wildman–Crippen MR) is 70.5 cm³/mol. The fraction of sp³-hybridized carbons (Fsp3) is 0.727. The van der Waals surface area contributed by atoms with E-state index < -0.39 is 10.2 Å². The smallest absolute Gasteiger partial charge is 0.262 e. The molecule has 2 rings (SSSR count). The maximum absolute atomic E-state index is 12.3. The van der Waals surface area contributed by atoms with E-state index in [1.165, 1.54) is 4.31 Å². The Kier molecular flexibility index (Phi) is 3.91. The van der Waals surface area contributed by atoms with Crippen LogP contribution in [0.15, 0.2) is 6.20 Å². The molecule has 0 saturated carbocycles. The van der Waals surface area contributed by atoms with Crippen molar-refractivity contribution in [2.45, 2.75) is 45.6 Å². The topological polar surface area (TPSA) is 78.1 Å². The number of H-pyrrole nitrogens is 1. The average Bonchev–Trinajstić information content (AvgIpc) is 2.76. The zero-order chi connectivity index (χ0) is 13.2. The molecule has 1 aromatic heterocycles. The molecule has 1 atom stereocenters. The Hall–Kier alpha value is -1.08. The zero-order valence-corrected chi connectivity index (χ0v) is 11.6. The van der Waals surface area contributed by atoms with E-state index in [9.17, 15) is 8.42 Å². The molecular weight excluding hydrogens is 252 g/mol. The van der Waals surface area contributed by atoms with Crippen LogP contribution in [0.2, 0.25) is 0 Å². The van der Waals surface area contributed by atoms with Crippen LogP contribution >= 0.6 is 0 Å². The number of rotatable bonds is 4. The molecule has 1 aliphatic rings. The van der Waals surface area contributed by atoms with Gasteiger partial charge >= 0.3 is 10.2 Å². The Balaban J connectivity index is 2.16. The Morgan fingerprint density at radius 2 is 2.33 bits per heavy atom. The Morgan fingerprint density at radius 3 is 3.00 bits per heavy atom. The molecule has 2 N–H and O–H groups in total. The highest BCUT2D eigenvalue weighted by Gasteiger charge is 2.30. The van der Waals surface area contributed by atoms with E-state index in [0.717, 1.165) is 31.2 Å². The largest absolute Gasteiger partial charge is 0.303 e. The van der Waals surface area contributed by atoms with Gasteiger partial charge in [-0.2, -0.15) is 17.8 Å². The highest BCUT2D eigenvalue weighted by Crippen LogP contribution is 2.22. The molecule has 1 aliphatic heterocycles. The lowest BCUT2D eigenvalue weighted by molar-refractivity contribution is 0.270. The minimum absolute atomic E-state index is 0.0595. The van der Waals surface area contributed by atoms with Crippen LogP contribution in [0.25, 0.3) is 0 Å². The Bertz CT molecular complexity index is 497. The normalized spacial score (nSPS) is 22.0. The number of nitrogens with one attached hydrogen (secondary N) is 2. The second kappa shape index (κ2) is 5.27. The van der Waals surface area contributed by atoms with Gasteiger partial charge in [0.1, 0.15) is 5.82 Å². The number of nitrogens with zero attached hydrogens (tertiary/aromatic N) is 2. The van der Waals surface area contributed by atoms with Gasteiger partial charge in [0.2, 0.25) is 0 Å². The van der Waals surface area contributed by atoms with Crippen molar-refractivity contribution in [3.63, 3.8) is 0 Å². The number of hydrogen-bond acceptors (Lipinski definition) is 3. The number of hydrogen-bond donors (Lipinski definition) is 2. The van der Waals surface area contributed by atoms with Crippen molar-refractivity contribution in [3.05, 3.63) is 11.8 Å². The van der Waals surface area contributed by atoms with Crippen LogP contribution in [-0.4, -0.2) is 35.5 Å². The molecule has 0 radical (unpaired) electrons. The Labute approximate surface area is 108 Å². The molecule has 7 heteroatoms. The molecule has 102 valence electrons. The summed E-state index contributed by atoms with van der Waals surface area (Å²) in [5.41, 5.74) is 0.878. The molecule has 1 unspecified atom stereocenters. The lowest BCUT2D eigenvalue weighted by atomic mass is 10.1. The van der Waals surface area contributed by atoms with Gasteiger partial charge in [-0.3, -0.25) is 9.82 Å². The monoisotopic (exact) mass is 272 g/mol. The van der Waals surface area contributed by atoms with Crippen molar-refractivity contribution in [1.82, 2.24) is 14.5 Å². The SMILES string of the molecule is CCc1cn[nH]c1NS(=O)(=O)N1CCCCC1C. The van der Waals surface area contributed by atoms with Gasteiger partial charge in [0, 0.05) is 18.2 Å². The maximum Gasteiger partial charge on any atom is 0.303 e. The first-order valence-corrected chi connectivity index (χ1v) is 7.80. The Morgan fingerprint density at radius 1 is 1.56 bits per heavy atom. The summed E-state index contributed by atoms with van der Waals surface area (Å²) in [7, 11) is -3.48. The van der Waals surface area contributed by atoms with Gasteiger partial charge in [0.25, 0.3) is 0 Å². The first-order chi connectivity index (χ1) is 8.54. The van der Waals surface area contributed by atoms with Gasteiger partial charge < -0.3 is 0 Å². The van der Waals surface area contributed by atoms with E-state index in [-0.39, 0.29) is 6.04 Å². The molecule has 0 aliphatic carbocycles. The highest BCUT2D eigenvalue weighted by molar-refractivity contribution is 7.90. The first kappa shape index (κ1) is 13.4. The van der Waals surface area contributed by atoms with E-state index in [1.54, 1.807) is 6.20 Å². The minimum Gasteiger partial charge on any atom is -0.262 e. The fourth-order valence-corrected chi connectivity index (χ4v) is 3.78. The van der Waals surface area contributed by atoms with Crippen LogP contribution in [0.4, 0.5) is 5.82 Å². The summed E-state index contributed by atoms with van der Waals surface area (Å²) in [6.07, 6.45) is 5.33. The summed E-state index contributed by atoms with van der Waals surface area (Å²) in [5, 5.41) is 6.57. The lowest BCUT2D eigenvalue weighted by Crippen LogP contribution is -2.45. The fourth-order valence-electron chi connectivity index (χ4n) is 2.28. The third-order valence-corrected chi connectivity index (χ3v) is 5.00. The molecular formula is C11H20N4O2S. The molecule has 6 nitrogen and oxygen atoms in total. The van der Waals surface area contributed by atoms with Gasteiger partial charge in [0.15, 0.2) is 0 Å². The molecule has 0 aromatic carbocycles. The second-order valence-electron chi connectivity index (χ2n) is 4.69.